The molecule has 1 aliphatic heterocycles. The number of aromatic nitrogens is 2. The van der Waals surface area contributed by atoms with Gasteiger partial charge in [0, 0.05) is 32.3 Å². The average Bonchev–Trinajstić information content (AvgIpc) is 3.16. The largest absolute Gasteiger partial charge is 0.494 e. The van der Waals surface area contributed by atoms with Crippen molar-refractivity contribution in [2.24, 2.45) is 0 Å². The number of aliphatic hydroxyl groups is 1. The summed E-state index contributed by atoms with van der Waals surface area (Å²) in [5.74, 6) is 1.73. The van der Waals surface area contributed by atoms with E-state index in [-0.39, 0.29) is 0 Å². The Balaban J connectivity index is 1.22. The number of rotatable bonds is 10. The zero-order valence-electron chi connectivity index (χ0n) is 20.4. The Kier molecular flexibility index (Phi) is 8.25. The van der Waals surface area contributed by atoms with Gasteiger partial charge in [-0.3, -0.25) is 9.58 Å². The maximum atomic E-state index is 11.1. The fourth-order valence-electron chi connectivity index (χ4n) is 4.39. The van der Waals surface area contributed by atoms with Crippen molar-refractivity contribution in [2.75, 3.05) is 26.3 Å². The van der Waals surface area contributed by atoms with Crippen LogP contribution in [0.3, 0.4) is 0 Å². The van der Waals surface area contributed by atoms with E-state index in [1.165, 1.54) is 16.7 Å². The minimum absolute atomic E-state index is 0.339. The lowest BCUT2D eigenvalue weighted by Gasteiger charge is -2.27. The van der Waals surface area contributed by atoms with Crippen molar-refractivity contribution in [1.82, 2.24) is 14.7 Å². The summed E-state index contributed by atoms with van der Waals surface area (Å²) in [5.41, 5.74) is 2.84. The molecule has 182 valence electrons. The first kappa shape index (κ1) is 24.3. The van der Waals surface area contributed by atoms with Gasteiger partial charge in [-0.25, -0.2) is 0 Å². The van der Waals surface area contributed by atoms with Gasteiger partial charge in [-0.15, -0.1) is 0 Å². The van der Waals surface area contributed by atoms with E-state index in [2.05, 4.69) is 48.2 Å². The van der Waals surface area contributed by atoms with Crippen molar-refractivity contribution in [1.29, 1.82) is 0 Å². The van der Waals surface area contributed by atoms with Crippen LogP contribution in [0.5, 0.6) is 11.5 Å². The topological polar surface area (TPSA) is 59.8 Å². The summed E-state index contributed by atoms with van der Waals surface area (Å²) in [4.78, 5) is 2.42. The normalized spacial score (nSPS) is 19.0. The quantitative estimate of drug-likeness (QED) is 0.439. The number of nitrogens with zero attached hydrogens (tertiary/aromatic N) is 3. The Morgan fingerprint density at radius 2 is 1.82 bits per heavy atom. The van der Waals surface area contributed by atoms with Gasteiger partial charge in [-0.05, 0) is 75.0 Å². The molecule has 0 spiro atoms. The highest BCUT2D eigenvalue weighted by Crippen LogP contribution is 2.25. The molecule has 2 heterocycles. The van der Waals surface area contributed by atoms with Gasteiger partial charge in [0.25, 0.3) is 0 Å². The van der Waals surface area contributed by atoms with Crippen LogP contribution in [-0.4, -0.2) is 51.7 Å². The van der Waals surface area contributed by atoms with Gasteiger partial charge >= 0.3 is 0 Å². The highest BCUT2D eigenvalue weighted by Gasteiger charge is 2.31. The van der Waals surface area contributed by atoms with Crippen LogP contribution < -0.4 is 9.47 Å². The van der Waals surface area contributed by atoms with Crippen molar-refractivity contribution in [3.8, 4) is 11.5 Å². The molecular weight excluding hydrogens is 426 g/mol. The van der Waals surface area contributed by atoms with Gasteiger partial charge in [-0.2, -0.15) is 5.10 Å². The van der Waals surface area contributed by atoms with Crippen LogP contribution in [0.1, 0.15) is 42.4 Å². The van der Waals surface area contributed by atoms with E-state index in [0.29, 0.717) is 19.6 Å². The third-order valence-electron chi connectivity index (χ3n) is 6.41. The predicted octanol–water partition coefficient (Wildman–Crippen LogP) is 4.77. The van der Waals surface area contributed by atoms with Crippen LogP contribution in [0.15, 0.2) is 60.9 Å². The molecule has 1 unspecified atom stereocenters. The second kappa shape index (κ2) is 11.5. The highest BCUT2D eigenvalue weighted by molar-refractivity contribution is 5.28. The van der Waals surface area contributed by atoms with Gasteiger partial charge in [-0.1, -0.05) is 29.8 Å². The molecule has 3 aromatic rings. The van der Waals surface area contributed by atoms with Crippen LogP contribution >= 0.6 is 0 Å². The fraction of sp³-hybridized carbons (Fsp3) is 0.464. The molecule has 1 aliphatic rings. The van der Waals surface area contributed by atoms with E-state index in [9.17, 15) is 5.11 Å². The zero-order valence-corrected chi connectivity index (χ0v) is 20.4. The summed E-state index contributed by atoms with van der Waals surface area (Å²) >= 11 is 0. The summed E-state index contributed by atoms with van der Waals surface area (Å²) < 4.78 is 13.9. The van der Waals surface area contributed by atoms with Crippen LogP contribution in [0.4, 0.5) is 0 Å². The lowest BCUT2D eigenvalue weighted by Crippen LogP contribution is -2.37. The molecule has 0 amide bonds. The molecule has 1 saturated heterocycles. The molecule has 0 radical (unpaired) electrons. The van der Waals surface area contributed by atoms with Crippen LogP contribution in [0, 0.1) is 13.8 Å². The summed E-state index contributed by atoms with van der Waals surface area (Å²) in [6.45, 7) is 8.66. The second-order valence-corrected chi connectivity index (χ2v) is 9.59. The van der Waals surface area contributed by atoms with Crippen molar-refractivity contribution in [3.63, 3.8) is 0 Å². The minimum atomic E-state index is -0.780. The van der Waals surface area contributed by atoms with Gasteiger partial charge in [0.15, 0.2) is 0 Å². The summed E-state index contributed by atoms with van der Waals surface area (Å²) in [6.07, 6.45) is 7.27. The van der Waals surface area contributed by atoms with Gasteiger partial charge in [0.1, 0.15) is 18.1 Å². The Hall–Kier alpha value is -2.83. The molecular formula is C28H37N3O3. The summed E-state index contributed by atoms with van der Waals surface area (Å²) in [7, 11) is 0. The number of likely N-dealkylation sites (tertiary alicyclic amines) is 1. The Labute approximate surface area is 203 Å². The van der Waals surface area contributed by atoms with E-state index < -0.39 is 5.60 Å². The maximum Gasteiger partial charge on any atom is 0.119 e. The van der Waals surface area contributed by atoms with Crippen molar-refractivity contribution >= 4 is 0 Å². The van der Waals surface area contributed by atoms with E-state index >= 15 is 0 Å². The number of hydrogen-bond donors (Lipinski definition) is 1. The molecule has 6 nitrogen and oxygen atoms in total. The predicted molar refractivity (Wildman–Crippen MR) is 134 cm³/mol. The molecule has 0 bridgehead atoms. The number of hydrogen-bond acceptors (Lipinski definition) is 5. The first-order valence-electron chi connectivity index (χ1n) is 12.3. The molecule has 1 atom stereocenters. The summed E-state index contributed by atoms with van der Waals surface area (Å²) in [6, 6.07) is 16.4. The molecule has 1 aromatic heterocycles. The first-order valence-corrected chi connectivity index (χ1v) is 12.3. The number of benzene rings is 2. The van der Waals surface area contributed by atoms with Crippen molar-refractivity contribution < 1.29 is 14.6 Å². The maximum absolute atomic E-state index is 11.1. The smallest absolute Gasteiger partial charge is 0.119 e. The second-order valence-electron chi connectivity index (χ2n) is 9.59. The average molecular weight is 464 g/mol. The third-order valence-corrected chi connectivity index (χ3v) is 6.41. The molecule has 2 aromatic carbocycles. The van der Waals surface area contributed by atoms with Gasteiger partial charge in [0.05, 0.1) is 18.4 Å². The minimum Gasteiger partial charge on any atom is -0.494 e. The molecule has 0 saturated carbocycles. The lowest BCUT2D eigenvalue weighted by molar-refractivity contribution is -0.0168. The fourth-order valence-corrected chi connectivity index (χ4v) is 4.39. The highest BCUT2D eigenvalue weighted by atomic mass is 16.5. The van der Waals surface area contributed by atoms with Crippen LogP contribution in [-0.2, 0) is 13.1 Å². The standard InChI is InChI=1S/C28H37N3O3/c1-23-8-10-26(11-9-23)34-22-28(32)12-4-14-30(16-13-28)21-25-6-3-7-27(18-25)33-17-5-15-31-20-24(2)19-29-31/h3,6-11,18-20,32H,4-5,12-17,21-22H2,1-2H3. The monoisotopic (exact) mass is 463 g/mol. The molecule has 0 aliphatic carbocycles. The SMILES string of the molecule is Cc1ccc(OCC2(O)CCCN(Cc3cccc(OCCCn4cc(C)cn4)c3)CC2)cc1. The van der Waals surface area contributed by atoms with E-state index in [1.807, 2.05) is 41.2 Å². The summed E-state index contributed by atoms with van der Waals surface area (Å²) in [5, 5.41) is 15.4. The van der Waals surface area contributed by atoms with Gasteiger partial charge in [0.2, 0.25) is 0 Å². The van der Waals surface area contributed by atoms with Crippen molar-refractivity contribution in [2.45, 2.75) is 58.2 Å². The van der Waals surface area contributed by atoms with E-state index in [0.717, 1.165) is 56.9 Å². The van der Waals surface area contributed by atoms with Crippen LogP contribution in [0.25, 0.3) is 0 Å². The molecule has 34 heavy (non-hydrogen) atoms. The molecule has 6 heteroatoms. The number of aryl methyl sites for hydroxylation is 3. The van der Waals surface area contributed by atoms with E-state index in [4.69, 9.17) is 9.47 Å². The Morgan fingerprint density at radius 3 is 2.62 bits per heavy atom. The zero-order chi connectivity index (χ0) is 23.8. The molecule has 1 fully saturated rings. The third kappa shape index (κ3) is 7.34. The van der Waals surface area contributed by atoms with Gasteiger partial charge < -0.3 is 14.6 Å². The molecule has 1 N–H and O–H groups in total. The number of ether oxygens (including phenoxy) is 2. The van der Waals surface area contributed by atoms with Crippen LogP contribution in [0.2, 0.25) is 0 Å². The Bertz CT molecular complexity index is 1030. The Morgan fingerprint density at radius 1 is 0.971 bits per heavy atom. The first-order chi connectivity index (χ1) is 16.5. The van der Waals surface area contributed by atoms with E-state index in [1.54, 1.807) is 0 Å². The van der Waals surface area contributed by atoms with Crippen molar-refractivity contribution in [3.05, 3.63) is 77.6 Å². The lowest BCUT2D eigenvalue weighted by atomic mass is 9.96. The molecule has 4 rings (SSSR count).